The van der Waals surface area contributed by atoms with Crippen LogP contribution in [0, 0.1) is 17.1 Å². The molecule has 0 amide bonds. The first-order valence-corrected chi connectivity index (χ1v) is 7.38. The summed E-state index contributed by atoms with van der Waals surface area (Å²) < 4.78 is 24.6. The van der Waals surface area contributed by atoms with Crippen LogP contribution in [-0.2, 0) is 17.3 Å². The molecule has 1 aromatic carbocycles. The molecule has 0 spiro atoms. The Labute approximate surface area is 109 Å². The third-order valence-electron chi connectivity index (χ3n) is 2.78. The zero-order valence-corrected chi connectivity index (χ0v) is 11.4. The molecule has 2 unspecified atom stereocenters. The van der Waals surface area contributed by atoms with Gasteiger partial charge in [-0.05, 0) is 31.2 Å². The molecule has 5 heteroatoms. The smallest absolute Gasteiger partial charge is 0.127 e. The van der Waals surface area contributed by atoms with Crippen molar-refractivity contribution in [1.29, 1.82) is 5.26 Å². The summed E-state index contributed by atoms with van der Waals surface area (Å²) in [5.41, 5.74) is 0.940. The van der Waals surface area contributed by atoms with Crippen LogP contribution in [0.1, 0.15) is 24.5 Å². The topological polar surface area (TPSA) is 52.9 Å². The lowest BCUT2D eigenvalue weighted by molar-refractivity contribution is 0.579. The van der Waals surface area contributed by atoms with Gasteiger partial charge in [0.2, 0.25) is 0 Å². The fraction of sp³-hybridized carbons (Fsp3) is 0.462. The molecule has 1 N–H and O–H groups in total. The summed E-state index contributed by atoms with van der Waals surface area (Å²) in [6, 6.07) is 6.29. The molecule has 0 saturated heterocycles. The van der Waals surface area contributed by atoms with Crippen molar-refractivity contribution >= 4 is 10.8 Å². The van der Waals surface area contributed by atoms with Gasteiger partial charge in [-0.25, -0.2) is 4.39 Å². The fourth-order valence-electron chi connectivity index (χ4n) is 1.47. The van der Waals surface area contributed by atoms with E-state index in [9.17, 15) is 8.60 Å². The largest absolute Gasteiger partial charge is 0.313 e. The van der Waals surface area contributed by atoms with Gasteiger partial charge in [0.05, 0.1) is 11.6 Å². The highest BCUT2D eigenvalue weighted by atomic mass is 32.2. The molecule has 0 aliphatic heterocycles. The van der Waals surface area contributed by atoms with Crippen LogP contribution in [0.2, 0.25) is 0 Å². The van der Waals surface area contributed by atoms with Gasteiger partial charge in [-0.3, -0.25) is 4.21 Å². The first-order chi connectivity index (χ1) is 8.54. The first kappa shape index (κ1) is 14.8. The number of nitriles is 1. The summed E-state index contributed by atoms with van der Waals surface area (Å²) >= 11 is 0. The van der Waals surface area contributed by atoms with Crippen LogP contribution in [0.4, 0.5) is 4.39 Å². The van der Waals surface area contributed by atoms with E-state index in [1.54, 1.807) is 12.3 Å². The average Bonchev–Trinajstić information content (AvgIpc) is 2.36. The van der Waals surface area contributed by atoms with Crippen LogP contribution in [0.3, 0.4) is 0 Å². The lowest BCUT2D eigenvalue weighted by atomic mass is 10.1. The van der Waals surface area contributed by atoms with E-state index in [0.717, 1.165) is 6.42 Å². The Balaban J connectivity index is 2.44. The molecule has 18 heavy (non-hydrogen) atoms. The number of rotatable bonds is 6. The minimum absolute atomic E-state index is 0.132. The lowest BCUT2D eigenvalue weighted by Crippen LogP contribution is -2.21. The Hall–Kier alpha value is -1.25. The highest BCUT2D eigenvalue weighted by Gasteiger charge is 2.06. The molecule has 0 fully saturated rings. The normalized spacial score (nSPS) is 13.9. The summed E-state index contributed by atoms with van der Waals surface area (Å²) in [7, 11) is -0.825. The molecule has 0 saturated carbocycles. The second kappa shape index (κ2) is 7.24. The van der Waals surface area contributed by atoms with Crippen molar-refractivity contribution in [3.05, 3.63) is 35.1 Å². The van der Waals surface area contributed by atoms with Gasteiger partial charge >= 0.3 is 0 Å². The predicted octanol–water partition coefficient (Wildman–Crippen LogP) is 1.94. The molecular weight excluding hydrogens is 251 g/mol. The summed E-state index contributed by atoms with van der Waals surface area (Å²) in [4.78, 5) is 0. The van der Waals surface area contributed by atoms with Crippen molar-refractivity contribution in [2.75, 3.05) is 12.8 Å². The monoisotopic (exact) mass is 268 g/mol. The predicted molar refractivity (Wildman–Crippen MR) is 71.0 cm³/mol. The Morgan fingerprint density at radius 1 is 1.56 bits per heavy atom. The first-order valence-electron chi connectivity index (χ1n) is 5.76. The Bertz CT molecular complexity index is 471. The number of hydrogen-bond donors (Lipinski definition) is 1. The maximum Gasteiger partial charge on any atom is 0.127 e. The second-order valence-corrected chi connectivity index (χ2v) is 5.99. The van der Waals surface area contributed by atoms with E-state index in [0.29, 0.717) is 24.2 Å². The summed E-state index contributed by atoms with van der Waals surface area (Å²) in [6.45, 7) is 2.98. The van der Waals surface area contributed by atoms with E-state index >= 15 is 0 Å². The van der Waals surface area contributed by atoms with Crippen molar-refractivity contribution in [2.24, 2.45) is 0 Å². The van der Waals surface area contributed by atoms with E-state index in [1.807, 2.05) is 13.0 Å². The SMILES string of the molecule is CC(CCNCc1cc(C#N)ccc1F)S(C)=O. The van der Waals surface area contributed by atoms with Crippen molar-refractivity contribution < 1.29 is 8.60 Å². The van der Waals surface area contributed by atoms with Crippen LogP contribution in [0.15, 0.2) is 18.2 Å². The number of nitrogens with zero attached hydrogens (tertiary/aromatic N) is 1. The maximum atomic E-state index is 13.4. The van der Waals surface area contributed by atoms with Gasteiger partial charge in [-0.2, -0.15) is 5.26 Å². The highest BCUT2D eigenvalue weighted by molar-refractivity contribution is 7.84. The van der Waals surface area contributed by atoms with Gasteiger partial charge in [-0.15, -0.1) is 0 Å². The van der Waals surface area contributed by atoms with E-state index in [2.05, 4.69) is 5.32 Å². The van der Waals surface area contributed by atoms with E-state index in [4.69, 9.17) is 5.26 Å². The van der Waals surface area contributed by atoms with Gasteiger partial charge in [0, 0.05) is 34.4 Å². The Morgan fingerprint density at radius 2 is 2.28 bits per heavy atom. The molecule has 0 bridgehead atoms. The zero-order valence-electron chi connectivity index (χ0n) is 10.6. The maximum absolute atomic E-state index is 13.4. The highest BCUT2D eigenvalue weighted by Crippen LogP contribution is 2.09. The zero-order chi connectivity index (χ0) is 13.5. The summed E-state index contributed by atoms with van der Waals surface area (Å²) in [5, 5.41) is 12.0. The standard InChI is InChI=1S/C13H17FN2OS/c1-10(18(2)17)5-6-16-9-12-7-11(8-15)3-4-13(12)14/h3-4,7,10,16H,5-6,9H2,1-2H3. The minimum atomic E-state index is -0.825. The van der Waals surface area contributed by atoms with Crippen LogP contribution >= 0.6 is 0 Å². The summed E-state index contributed by atoms with van der Waals surface area (Å²) in [5.74, 6) is -0.311. The third kappa shape index (κ3) is 4.55. The Morgan fingerprint density at radius 3 is 2.89 bits per heavy atom. The van der Waals surface area contributed by atoms with Gasteiger partial charge in [0.1, 0.15) is 5.82 Å². The van der Waals surface area contributed by atoms with Gasteiger partial charge in [-0.1, -0.05) is 6.92 Å². The van der Waals surface area contributed by atoms with Crippen LogP contribution in [0.5, 0.6) is 0 Å². The number of halogens is 1. The molecule has 1 aromatic rings. The quantitative estimate of drug-likeness (QED) is 0.802. The van der Waals surface area contributed by atoms with Crippen molar-refractivity contribution in [3.8, 4) is 6.07 Å². The van der Waals surface area contributed by atoms with Crippen LogP contribution < -0.4 is 5.32 Å². The molecule has 1 rings (SSSR count). The molecule has 0 radical (unpaired) electrons. The molecule has 0 aliphatic rings. The van der Waals surface area contributed by atoms with Crippen molar-refractivity contribution in [2.45, 2.75) is 25.1 Å². The molecule has 98 valence electrons. The van der Waals surface area contributed by atoms with Crippen molar-refractivity contribution in [1.82, 2.24) is 5.32 Å². The van der Waals surface area contributed by atoms with Crippen LogP contribution in [-0.4, -0.2) is 22.3 Å². The second-order valence-electron chi connectivity index (χ2n) is 4.19. The molecule has 0 aliphatic carbocycles. The van der Waals surface area contributed by atoms with Crippen LogP contribution in [0.25, 0.3) is 0 Å². The molecule has 0 aromatic heterocycles. The molecule has 3 nitrogen and oxygen atoms in total. The molecular formula is C13H17FN2OS. The number of benzene rings is 1. The van der Waals surface area contributed by atoms with Crippen molar-refractivity contribution in [3.63, 3.8) is 0 Å². The molecule has 0 heterocycles. The summed E-state index contributed by atoms with van der Waals surface area (Å²) in [6.07, 6.45) is 2.46. The number of hydrogen-bond acceptors (Lipinski definition) is 3. The average molecular weight is 268 g/mol. The van der Waals surface area contributed by atoms with E-state index in [1.165, 1.54) is 12.1 Å². The third-order valence-corrected chi connectivity index (χ3v) is 4.15. The lowest BCUT2D eigenvalue weighted by Gasteiger charge is -2.09. The number of nitrogens with one attached hydrogen (secondary N) is 1. The van der Waals surface area contributed by atoms with E-state index in [-0.39, 0.29) is 11.1 Å². The van der Waals surface area contributed by atoms with Gasteiger partial charge < -0.3 is 5.32 Å². The molecule has 2 atom stereocenters. The fourth-order valence-corrected chi connectivity index (χ4v) is 1.92. The van der Waals surface area contributed by atoms with E-state index < -0.39 is 10.8 Å². The minimum Gasteiger partial charge on any atom is -0.313 e. The van der Waals surface area contributed by atoms with Gasteiger partial charge in [0.15, 0.2) is 0 Å². The van der Waals surface area contributed by atoms with Gasteiger partial charge in [0.25, 0.3) is 0 Å². The Kier molecular flexibility index (Phi) is 5.96.